The summed E-state index contributed by atoms with van der Waals surface area (Å²) in [5.41, 5.74) is 1.41. The van der Waals surface area contributed by atoms with E-state index in [4.69, 9.17) is 4.74 Å². The normalized spacial score (nSPS) is 11.0. The van der Waals surface area contributed by atoms with Gasteiger partial charge in [-0.15, -0.1) is 0 Å². The molecule has 0 fully saturated rings. The summed E-state index contributed by atoms with van der Waals surface area (Å²) in [7, 11) is -3.33. The van der Waals surface area contributed by atoms with Crippen LogP contribution in [0.15, 0.2) is 53.4 Å². The molecule has 1 amide bonds. The minimum Gasteiger partial charge on any atom is -0.492 e. The minimum atomic E-state index is -3.33. The van der Waals surface area contributed by atoms with Crippen molar-refractivity contribution < 1.29 is 17.9 Å². The Bertz CT molecular complexity index is 800. The number of carbonyl (C=O) groups is 1. The van der Waals surface area contributed by atoms with Crippen molar-refractivity contribution in [1.29, 1.82) is 0 Å². The van der Waals surface area contributed by atoms with Gasteiger partial charge in [-0.1, -0.05) is 18.2 Å². The van der Waals surface area contributed by atoms with Gasteiger partial charge in [0.2, 0.25) is 0 Å². The minimum absolute atomic E-state index is 0.126. The van der Waals surface area contributed by atoms with E-state index in [1.807, 2.05) is 31.2 Å². The Morgan fingerprint density at radius 3 is 2.57 bits per heavy atom. The third-order valence-electron chi connectivity index (χ3n) is 3.17. The maximum atomic E-state index is 12.0. The lowest BCUT2D eigenvalue weighted by atomic mass is 10.2. The number of hydrogen-bond acceptors (Lipinski definition) is 4. The lowest BCUT2D eigenvalue weighted by Crippen LogP contribution is -2.28. The van der Waals surface area contributed by atoms with Crippen LogP contribution in [-0.4, -0.2) is 33.7 Å². The first kappa shape index (κ1) is 17.0. The second-order valence-corrected chi connectivity index (χ2v) is 7.24. The number of ether oxygens (including phenoxy) is 1. The van der Waals surface area contributed by atoms with E-state index >= 15 is 0 Å². The van der Waals surface area contributed by atoms with E-state index in [2.05, 4.69) is 5.32 Å². The van der Waals surface area contributed by atoms with E-state index in [0.29, 0.717) is 18.7 Å². The zero-order chi connectivity index (χ0) is 16.9. The molecule has 2 aromatic carbocycles. The van der Waals surface area contributed by atoms with Gasteiger partial charge in [0.25, 0.3) is 5.91 Å². The molecule has 6 heteroatoms. The van der Waals surface area contributed by atoms with E-state index in [0.717, 1.165) is 17.6 Å². The van der Waals surface area contributed by atoms with Crippen LogP contribution in [0.5, 0.6) is 5.75 Å². The van der Waals surface area contributed by atoms with Gasteiger partial charge >= 0.3 is 0 Å². The average Bonchev–Trinajstić information content (AvgIpc) is 2.51. The van der Waals surface area contributed by atoms with Gasteiger partial charge in [0, 0.05) is 11.8 Å². The molecule has 0 radical (unpaired) electrons. The van der Waals surface area contributed by atoms with E-state index < -0.39 is 9.84 Å². The quantitative estimate of drug-likeness (QED) is 0.823. The molecule has 0 heterocycles. The van der Waals surface area contributed by atoms with Crippen LogP contribution >= 0.6 is 0 Å². The highest BCUT2D eigenvalue weighted by Crippen LogP contribution is 2.12. The molecular weight excluding hydrogens is 314 g/mol. The van der Waals surface area contributed by atoms with Crippen molar-refractivity contribution in [3.05, 3.63) is 59.7 Å². The molecule has 0 aliphatic heterocycles. The summed E-state index contributed by atoms with van der Waals surface area (Å²) in [6.07, 6.45) is 1.11. The van der Waals surface area contributed by atoms with Crippen molar-refractivity contribution in [1.82, 2.24) is 5.32 Å². The average molecular weight is 333 g/mol. The fourth-order valence-electron chi connectivity index (χ4n) is 2.01. The number of aryl methyl sites for hydroxylation is 1. The number of benzene rings is 2. The third kappa shape index (κ3) is 5.10. The van der Waals surface area contributed by atoms with Crippen LogP contribution in [0.25, 0.3) is 0 Å². The van der Waals surface area contributed by atoms with Crippen LogP contribution in [0.1, 0.15) is 15.9 Å². The summed E-state index contributed by atoms with van der Waals surface area (Å²) >= 11 is 0. The summed E-state index contributed by atoms with van der Waals surface area (Å²) in [5.74, 6) is 0.418. The first-order chi connectivity index (χ1) is 10.9. The molecule has 0 aliphatic carbocycles. The van der Waals surface area contributed by atoms with Crippen molar-refractivity contribution in [2.24, 2.45) is 0 Å². The SMILES string of the molecule is Cc1cccc(OCCNC(=O)c2cccc(S(C)(=O)=O)c2)c1. The highest BCUT2D eigenvalue weighted by molar-refractivity contribution is 7.90. The number of sulfone groups is 1. The third-order valence-corrected chi connectivity index (χ3v) is 4.28. The summed E-state index contributed by atoms with van der Waals surface area (Å²) in [4.78, 5) is 12.2. The monoisotopic (exact) mass is 333 g/mol. The Morgan fingerprint density at radius 2 is 1.87 bits per heavy atom. The Balaban J connectivity index is 1.88. The Labute approximate surface area is 136 Å². The van der Waals surface area contributed by atoms with Crippen molar-refractivity contribution in [3.63, 3.8) is 0 Å². The molecule has 0 spiro atoms. The zero-order valence-electron chi connectivity index (χ0n) is 13.1. The molecule has 122 valence electrons. The van der Waals surface area contributed by atoms with Crippen molar-refractivity contribution in [2.45, 2.75) is 11.8 Å². The van der Waals surface area contributed by atoms with Crippen LogP contribution in [0.2, 0.25) is 0 Å². The van der Waals surface area contributed by atoms with Gasteiger partial charge in [0.1, 0.15) is 12.4 Å². The van der Waals surface area contributed by atoms with Crippen molar-refractivity contribution in [2.75, 3.05) is 19.4 Å². The number of nitrogens with one attached hydrogen (secondary N) is 1. The highest BCUT2D eigenvalue weighted by Gasteiger charge is 2.11. The second kappa shape index (κ2) is 7.28. The smallest absolute Gasteiger partial charge is 0.251 e. The molecule has 23 heavy (non-hydrogen) atoms. The fraction of sp³-hybridized carbons (Fsp3) is 0.235. The Hall–Kier alpha value is -2.34. The molecule has 5 nitrogen and oxygen atoms in total. The standard InChI is InChI=1S/C17H19NO4S/c1-13-5-3-7-15(11-13)22-10-9-18-17(19)14-6-4-8-16(12-14)23(2,20)21/h3-8,11-12H,9-10H2,1-2H3,(H,18,19). The van der Waals surface area contributed by atoms with Crippen LogP contribution in [0.3, 0.4) is 0 Å². The molecule has 1 N–H and O–H groups in total. The number of amides is 1. The lowest BCUT2D eigenvalue weighted by Gasteiger charge is -2.09. The summed E-state index contributed by atoms with van der Waals surface area (Å²) in [6.45, 7) is 2.64. The van der Waals surface area contributed by atoms with E-state index in [9.17, 15) is 13.2 Å². The van der Waals surface area contributed by atoms with Gasteiger partial charge < -0.3 is 10.1 Å². The number of hydrogen-bond donors (Lipinski definition) is 1. The predicted octanol–water partition coefficient (Wildman–Crippen LogP) is 2.21. The van der Waals surface area contributed by atoms with E-state index in [1.165, 1.54) is 12.1 Å². The van der Waals surface area contributed by atoms with Gasteiger partial charge in [-0.2, -0.15) is 0 Å². The van der Waals surface area contributed by atoms with Crippen LogP contribution in [0.4, 0.5) is 0 Å². The van der Waals surface area contributed by atoms with Gasteiger partial charge in [0.05, 0.1) is 11.4 Å². The van der Waals surface area contributed by atoms with Crippen LogP contribution < -0.4 is 10.1 Å². The maximum absolute atomic E-state index is 12.0. The number of rotatable bonds is 6. The summed E-state index contributed by atoms with van der Waals surface area (Å²) < 4.78 is 28.5. The molecule has 0 aliphatic rings. The maximum Gasteiger partial charge on any atom is 0.251 e. The van der Waals surface area contributed by atoms with E-state index in [1.54, 1.807) is 12.1 Å². The van der Waals surface area contributed by atoms with Gasteiger partial charge in [-0.05, 0) is 42.8 Å². The van der Waals surface area contributed by atoms with Crippen LogP contribution in [0, 0.1) is 6.92 Å². The van der Waals surface area contributed by atoms with E-state index in [-0.39, 0.29) is 10.8 Å². The largest absolute Gasteiger partial charge is 0.492 e. The van der Waals surface area contributed by atoms with Crippen LogP contribution in [-0.2, 0) is 9.84 Å². The molecule has 0 saturated heterocycles. The lowest BCUT2D eigenvalue weighted by molar-refractivity contribution is 0.0947. The van der Waals surface area contributed by atoms with Gasteiger partial charge in [0.15, 0.2) is 9.84 Å². The molecule has 0 atom stereocenters. The molecule has 2 aromatic rings. The zero-order valence-corrected chi connectivity index (χ0v) is 13.9. The molecule has 0 saturated carbocycles. The highest BCUT2D eigenvalue weighted by atomic mass is 32.2. The second-order valence-electron chi connectivity index (χ2n) is 5.22. The Morgan fingerprint density at radius 1 is 1.13 bits per heavy atom. The molecule has 0 bridgehead atoms. The van der Waals surface area contributed by atoms with Gasteiger partial charge in [-0.3, -0.25) is 4.79 Å². The molecular formula is C17H19NO4S. The molecule has 0 aromatic heterocycles. The first-order valence-electron chi connectivity index (χ1n) is 7.14. The Kier molecular flexibility index (Phi) is 5.39. The summed E-state index contributed by atoms with van der Waals surface area (Å²) in [6, 6.07) is 13.6. The van der Waals surface area contributed by atoms with Gasteiger partial charge in [-0.25, -0.2) is 8.42 Å². The van der Waals surface area contributed by atoms with Crippen molar-refractivity contribution >= 4 is 15.7 Å². The molecule has 2 rings (SSSR count). The predicted molar refractivity (Wildman–Crippen MR) is 88.6 cm³/mol. The molecule has 0 unspecified atom stereocenters. The number of carbonyl (C=O) groups excluding carboxylic acids is 1. The van der Waals surface area contributed by atoms with Crippen molar-refractivity contribution in [3.8, 4) is 5.75 Å². The summed E-state index contributed by atoms with van der Waals surface area (Å²) in [5, 5.41) is 2.70. The topological polar surface area (TPSA) is 72.5 Å². The first-order valence-corrected chi connectivity index (χ1v) is 9.03. The fourth-order valence-corrected chi connectivity index (χ4v) is 2.68.